The zero-order valence-corrected chi connectivity index (χ0v) is 11.8. The minimum Gasteiger partial charge on any atom is -0.488 e. The molecule has 0 aliphatic carbocycles. The van der Waals surface area contributed by atoms with Crippen LogP contribution in [0.4, 0.5) is 4.39 Å². The highest BCUT2D eigenvalue weighted by Crippen LogP contribution is 2.20. The summed E-state index contributed by atoms with van der Waals surface area (Å²) in [7, 11) is 0. The van der Waals surface area contributed by atoms with Gasteiger partial charge >= 0.3 is 0 Å². The Morgan fingerprint density at radius 2 is 1.35 bits per heavy atom. The van der Waals surface area contributed by atoms with Crippen LogP contribution in [0.2, 0.25) is 0 Å². The predicted molar refractivity (Wildman–Crippen MR) is 76.7 cm³/mol. The number of carbonyl (C=O) groups is 1. The molecule has 0 aliphatic rings. The lowest BCUT2D eigenvalue weighted by molar-refractivity contribution is 0.103. The third-order valence-electron chi connectivity index (χ3n) is 2.65. The van der Waals surface area contributed by atoms with Crippen LogP contribution in [0.3, 0.4) is 0 Å². The Kier molecular flexibility index (Phi) is 3.89. The molecule has 0 N–H and O–H groups in total. The number of hydrogen-bond donors (Lipinski definition) is 0. The van der Waals surface area contributed by atoms with Crippen molar-refractivity contribution in [3.05, 3.63) is 65.5 Å². The van der Waals surface area contributed by atoms with Gasteiger partial charge in [-0.05, 0) is 69.3 Å². The number of halogens is 1. The number of benzene rings is 2. The highest BCUT2D eigenvalue weighted by atomic mass is 19.1. The van der Waals surface area contributed by atoms with Gasteiger partial charge in [0.25, 0.3) is 0 Å². The highest BCUT2D eigenvalue weighted by molar-refractivity contribution is 6.08. The third kappa shape index (κ3) is 3.67. The second-order valence-corrected chi connectivity index (χ2v) is 5.57. The first-order valence-corrected chi connectivity index (χ1v) is 6.44. The first-order chi connectivity index (χ1) is 9.35. The smallest absolute Gasteiger partial charge is 0.193 e. The molecule has 3 heteroatoms. The van der Waals surface area contributed by atoms with Crippen LogP contribution in [0.1, 0.15) is 36.7 Å². The molecule has 0 atom stereocenters. The first kappa shape index (κ1) is 14.3. The Balaban J connectivity index is 2.17. The standard InChI is InChI=1S/C17H17FO2/c1-17(2,3)20-15-10-6-13(7-11-15)16(19)12-4-8-14(18)9-5-12/h4-11H,1-3H3. The van der Waals surface area contributed by atoms with Crippen molar-refractivity contribution in [2.24, 2.45) is 0 Å². The molecule has 0 saturated heterocycles. The summed E-state index contributed by atoms with van der Waals surface area (Å²) >= 11 is 0. The van der Waals surface area contributed by atoms with E-state index < -0.39 is 0 Å². The van der Waals surface area contributed by atoms with E-state index in [1.54, 1.807) is 24.3 Å². The van der Waals surface area contributed by atoms with Crippen molar-refractivity contribution in [3.63, 3.8) is 0 Å². The molecular formula is C17H17FO2. The van der Waals surface area contributed by atoms with E-state index in [-0.39, 0.29) is 17.2 Å². The largest absolute Gasteiger partial charge is 0.488 e. The van der Waals surface area contributed by atoms with Crippen LogP contribution >= 0.6 is 0 Å². The number of ketones is 1. The lowest BCUT2D eigenvalue weighted by atomic mass is 10.0. The summed E-state index contributed by atoms with van der Waals surface area (Å²) in [5.74, 6) is 0.232. The Morgan fingerprint density at radius 3 is 1.80 bits per heavy atom. The average molecular weight is 272 g/mol. The van der Waals surface area contributed by atoms with Gasteiger partial charge in [-0.15, -0.1) is 0 Å². The van der Waals surface area contributed by atoms with Crippen molar-refractivity contribution in [1.29, 1.82) is 0 Å². The number of rotatable bonds is 3. The molecule has 0 amide bonds. The topological polar surface area (TPSA) is 26.3 Å². The van der Waals surface area contributed by atoms with Gasteiger partial charge in [-0.1, -0.05) is 0 Å². The van der Waals surface area contributed by atoms with Gasteiger partial charge in [0, 0.05) is 11.1 Å². The van der Waals surface area contributed by atoms with Gasteiger partial charge in [0.05, 0.1) is 0 Å². The maximum absolute atomic E-state index is 12.8. The quantitative estimate of drug-likeness (QED) is 0.781. The fraction of sp³-hybridized carbons (Fsp3) is 0.235. The Morgan fingerprint density at radius 1 is 0.900 bits per heavy atom. The molecule has 0 saturated carbocycles. The molecule has 20 heavy (non-hydrogen) atoms. The molecule has 0 aliphatic heterocycles. The molecular weight excluding hydrogens is 255 g/mol. The molecule has 0 fully saturated rings. The Bertz CT molecular complexity index is 592. The monoisotopic (exact) mass is 272 g/mol. The summed E-state index contributed by atoms with van der Waals surface area (Å²) in [5, 5.41) is 0. The molecule has 0 unspecified atom stereocenters. The molecule has 0 radical (unpaired) electrons. The molecule has 2 rings (SSSR count). The Hall–Kier alpha value is -2.16. The van der Waals surface area contributed by atoms with Crippen LogP contribution in [0.5, 0.6) is 5.75 Å². The summed E-state index contributed by atoms with van der Waals surface area (Å²) in [4.78, 5) is 12.2. The van der Waals surface area contributed by atoms with Crippen molar-refractivity contribution in [2.45, 2.75) is 26.4 Å². The van der Waals surface area contributed by atoms with Crippen molar-refractivity contribution < 1.29 is 13.9 Å². The normalized spacial score (nSPS) is 11.2. The summed E-state index contributed by atoms with van der Waals surface area (Å²) in [6.07, 6.45) is 0. The zero-order chi connectivity index (χ0) is 14.8. The summed E-state index contributed by atoms with van der Waals surface area (Å²) < 4.78 is 18.5. The van der Waals surface area contributed by atoms with E-state index in [9.17, 15) is 9.18 Å². The van der Waals surface area contributed by atoms with E-state index >= 15 is 0 Å². The van der Waals surface area contributed by atoms with Crippen LogP contribution < -0.4 is 4.74 Å². The average Bonchev–Trinajstić information content (AvgIpc) is 2.38. The van der Waals surface area contributed by atoms with Gasteiger partial charge in [0.15, 0.2) is 5.78 Å². The Labute approximate surface area is 118 Å². The lowest BCUT2D eigenvalue weighted by Crippen LogP contribution is -2.22. The first-order valence-electron chi connectivity index (χ1n) is 6.44. The number of ether oxygens (including phenoxy) is 1. The minimum absolute atomic E-state index is 0.132. The van der Waals surface area contributed by atoms with Crippen molar-refractivity contribution in [1.82, 2.24) is 0 Å². The van der Waals surface area contributed by atoms with E-state index in [0.717, 1.165) is 0 Å². The molecule has 0 spiro atoms. The summed E-state index contributed by atoms with van der Waals surface area (Å²) in [5.41, 5.74) is 0.747. The van der Waals surface area contributed by atoms with E-state index in [2.05, 4.69) is 0 Å². The maximum atomic E-state index is 12.8. The fourth-order valence-electron chi connectivity index (χ4n) is 1.80. The molecule has 0 bridgehead atoms. The van der Waals surface area contributed by atoms with Gasteiger partial charge in [-0.2, -0.15) is 0 Å². The number of hydrogen-bond acceptors (Lipinski definition) is 2. The van der Waals surface area contributed by atoms with Crippen LogP contribution in [-0.4, -0.2) is 11.4 Å². The number of carbonyl (C=O) groups excluding carboxylic acids is 1. The van der Waals surface area contributed by atoms with E-state index in [0.29, 0.717) is 16.9 Å². The summed E-state index contributed by atoms with van der Waals surface area (Å²) in [6, 6.07) is 12.5. The third-order valence-corrected chi connectivity index (χ3v) is 2.65. The van der Waals surface area contributed by atoms with Crippen LogP contribution in [-0.2, 0) is 0 Å². The molecule has 0 aromatic heterocycles. The maximum Gasteiger partial charge on any atom is 0.193 e. The lowest BCUT2D eigenvalue weighted by Gasteiger charge is -2.21. The van der Waals surface area contributed by atoms with Crippen molar-refractivity contribution in [3.8, 4) is 5.75 Å². The van der Waals surface area contributed by atoms with Crippen molar-refractivity contribution >= 4 is 5.78 Å². The van der Waals surface area contributed by atoms with Crippen LogP contribution in [0, 0.1) is 5.82 Å². The SMILES string of the molecule is CC(C)(C)Oc1ccc(C(=O)c2ccc(F)cc2)cc1. The van der Waals surface area contributed by atoms with Gasteiger partial charge in [0.2, 0.25) is 0 Å². The van der Waals surface area contributed by atoms with E-state index in [4.69, 9.17) is 4.74 Å². The molecule has 2 aromatic carbocycles. The zero-order valence-electron chi connectivity index (χ0n) is 11.8. The predicted octanol–water partition coefficient (Wildman–Crippen LogP) is 4.23. The molecule has 0 heterocycles. The van der Waals surface area contributed by atoms with Crippen LogP contribution in [0.15, 0.2) is 48.5 Å². The second kappa shape index (κ2) is 5.45. The van der Waals surface area contributed by atoms with Crippen molar-refractivity contribution in [2.75, 3.05) is 0 Å². The van der Waals surface area contributed by atoms with Gasteiger partial charge < -0.3 is 4.74 Å². The molecule has 104 valence electrons. The van der Waals surface area contributed by atoms with Crippen LogP contribution in [0.25, 0.3) is 0 Å². The molecule has 2 nitrogen and oxygen atoms in total. The highest BCUT2D eigenvalue weighted by Gasteiger charge is 2.13. The molecule has 2 aromatic rings. The van der Waals surface area contributed by atoms with E-state index in [1.807, 2.05) is 20.8 Å². The fourth-order valence-corrected chi connectivity index (χ4v) is 1.80. The minimum atomic E-state index is -0.351. The van der Waals surface area contributed by atoms with Gasteiger partial charge in [0.1, 0.15) is 17.2 Å². The van der Waals surface area contributed by atoms with E-state index in [1.165, 1.54) is 24.3 Å². The van der Waals surface area contributed by atoms with Gasteiger partial charge in [-0.25, -0.2) is 4.39 Å². The second-order valence-electron chi connectivity index (χ2n) is 5.57. The van der Waals surface area contributed by atoms with Gasteiger partial charge in [-0.3, -0.25) is 4.79 Å². The summed E-state index contributed by atoms with van der Waals surface area (Å²) in [6.45, 7) is 5.89.